The quantitative estimate of drug-likeness (QED) is 0.358. The van der Waals surface area contributed by atoms with Crippen molar-refractivity contribution in [2.75, 3.05) is 19.8 Å². The Morgan fingerprint density at radius 2 is 1.28 bits per heavy atom. The second-order valence-electron chi connectivity index (χ2n) is 4.55. The van der Waals surface area contributed by atoms with Gasteiger partial charge in [0, 0.05) is 27.1 Å². The Morgan fingerprint density at radius 3 is 1.50 bits per heavy atom. The van der Waals surface area contributed by atoms with Gasteiger partial charge in [-0.3, -0.25) is 0 Å². The van der Waals surface area contributed by atoms with Gasteiger partial charge in [0.25, 0.3) is 0 Å². The van der Waals surface area contributed by atoms with E-state index in [1.807, 2.05) is 0 Å². The minimum Gasteiger partial charge on any atom is -0.412 e. The predicted molar refractivity (Wildman–Crippen MR) is 71.7 cm³/mol. The molecule has 0 radical (unpaired) electrons. The van der Waals surface area contributed by atoms with Gasteiger partial charge in [0.15, 0.2) is 0 Å². The van der Waals surface area contributed by atoms with E-state index in [4.69, 9.17) is 15.3 Å². The Bertz CT molecular complexity index is 116. The van der Waals surface area contributed by atoms with E-state index >= 15 is 0 Å². The monoisotopic (exact) mass is 299 g/mol. The molecule has 0 saturated heterocycles. The minimum absolute atomic E-state index is 0. The zero-order valence-corrected chi connectivity index (χ0v) is 13.5. The zero-order chi connectivity index (χ0) is 12.9. The van der Waals surface area contributed by atoms with Gasteiger partial charge in [-0.05, 0) is 0 Å². The molecule has 0 unspecified atom stereocenters. The number of aliphatic hydroxyl groups excluding tert-OH is 3. The van der Waals surface area contributed by atoms with E-state index in [2.05, 4.69) is 13.8 Å². The Hall–Kier alpha value is 0.554. The summed E-state index contributed by atoms with van der Waals surface area (Å²) < 4.78 is 0. The third-order valence-electron chi connectivity index (χ3n) is 2.50. The first-order chi connectivity index (χ1) is 7.60. The number of aliphatic hydroxyl groups is 3. The van der Waals surface area contributed by atoms with Crippen molar-refractivity contribution in [3.8, 4) is 0 Å². The van der Waals surface area contributed by atoms with Crippen LogP contribution in [0.5, 0.6) is 0 Å². The Kier molecular flexibility index (Phi) is 29.8. The normalized spacial score (nSPS) is 9.67. The third-order valence-corrected chi connectivity index (χ3v) is 2.50. The Morgan fingerprint density at radius 1 is 0.889 bits per heavy atom. The molecule has 0 fully saturated rings. The van der Waals surface area contributed by atoms with Crippen LogP contribution in [-0.2, 0) is 21.7 Å². The number of unbranched alkanes of at least 4 members (excludes halogenated alkanes) is 5. The van der Waals surface area contributed by atoms with E-state index in [-0.39, 0.29) is 47.0 Å². The summed E-state index contributed by atoms with van der Waals surface area (Å²) in [5.41, 5.74) is -0.708. The number of hydrogen-bond acceptors (Lipinski definition) is 3. The van der Waals surface area contributed by atoms with E-state index in [1.165, 1.54) is 32.1 Å². The molecule has 0 aromatic heterocycles. The molecular formula is C13H31O4Ti-. The van der Waals surface area contributed by atoms with Gasteiger partial charge < -0.3 is 27.7 Å². The van der Waals surface area contributed by atoms with Gasteiger partial charge in [-0.1, -0.05) is 46.0 Å². The average molecular weight is 299 g/mol. The Balaban J connectivity index is -0.0000000980. The van der Waals surface area contributed by atoms with Crippen LogP contribution in [0.3, 0.4) is 0 Å². The van der Waals surface area contributed by atoms with Crippen molar-refractivity contribution in [1.29, 1.82) is 0 Å². The maximum atomic E-state index is 8.47. The molecule has 0 aliphatic carbocycles. The molecule has 0 rings (SSSR count). The molecule has 112 valence electrons. The van der Waals surface area contributed by atoms with Crippen molar-refractivity contribution < 1.29 is 42.5 Å². The summed E-state index contributed by atoms with van der Waals surface area (Å²) in [5.74, 6) is 0. The van der Waals surface area contributed by atoms with Crippen molar-refractivity contribution in [3.63, 3.8) is 0 Å². The summed E-state index contributed by atoms with van der Waals surface area (Å²) >= 11 is 0. The third kappa shape index (κ3) is 18.9. The minimum atomic E-state index is -0.708. The van der Waals surface area contributed by atoms with Crippen LogP contribution in [0.25, 0.3) is 0 Å². The molecule has 0 aliphatic rings. The first-order valence-corrected chi connectivity index (χ1v) is 6.22. The van der Waals surface area contributed by atoms with Crippen LogP contribution in [0.4, 0.5) is 0 Å². The smallest absolute Gasteiger partial charge is 0.0528 e. The van der Waals surface area contributed by atoms with E-state index < -0.39 is 5.41 Å². The zero-order valence-electron chi connectivity index (χ0n) is 11.9. The van der Waals surface area contributed by atoms with E-state index in [1.54, 1.807) is 6.92 Å². The molecule has 0 heterocycles. The summed E-state index contributed by atoms with van der Waals surface area (Å²) in [7, 11) is 0. The second-order valence-corrected chi connectivity index (χ2v) is 4.55. The molecule has 0 aliphatic heterocycles. The van der Waals surface area contributed by atoms with E-state index in [0.717, 1.165) is 6.42 Å². The van der Waals surface area contributed by atoms with Gasteiger partial charge >= 0.3 is 0 Å². The second kappa shape index (κ2) is 19.9. The van der Waals surface area contributed by atoms with E-state index in [0.29, 0.717) is 0 Å². The fraction of sp³-hybridized carbons (Fsp3) is 0.923. The maximum Gasteiger partial charge on any atom is 0.0528 e. The molecule has 5 N–H and O–H groups in total. The van der Waals surface area contributed by atoms with Gasteiger partial charge in [-0.15, -0.1) is 0 Å². The fourth-order valence-corrected chi connectivity index (χ4v) is 0.930. The van der Waals surface area contributed by atoms with Crippen LogP contribution in [0, 0.1) is 12.3 Å². The molecular weight excluding hydrogens is 268 g/mol. The van der Waals surface area contributed by atoms with E-state index in [9.17, 15) is 0 Å². The van der Waals surface area contributed by atoms with Gasteiger partial charge in [0.1, 0.15) is 0 Å². The first-order valence-electron chi connectivity index (χ1n) is 6.22. The van der Waals surface area contributed by atoms with Crippen LogP contribution >= 0.6 is 0 Å². The molecule has 0 bridgehead atoms. The van der Waals surface area contributed by atoms with Crippen molar-refractivity contribution in [3.05, 3.63) is 6.92 Å². The standard InChI is InChI=1S/C8H17.C5H12O3.H2O.Ti/c1-3-5-7-8-6-4-2;1-5(2-6,3-7)4-8;;/h1,3-8H2,2H3;6-8H,2-4H2,1H3;1H2;/q-1;;;. The molecule has 0 atom stereocenters. The van der Waals surface area contributed by atoms with Gasteiger partial charge in [0.05, 0.1) is 19.8 Å². The average Bonchev–Trinajstić information content (AvgIpc) is 2.34. The van der Waals surface area contributed by atoms with Crippen LogP contribution in [0.15, 0.2) is 0 Å². The summed E-state index contributed by atoms with van der Waals surface area (Å²) in [5, 5.41) is 25.4. The molecule has 0 saturated carbocycles. The Labute approximate surface area is 127 Å². The molecule has 0 amide bonds. The summed E-state index contributed by atoms with van der Waals surface area (Å²) in [6.07, 6.45) is 7.98. The van der Waals surface area contributed by atoms with Crippen molar-refractivity contribution in [2.45, 2.75) is 52.4 Å². The van der Waals surface area contributed by atoms with Crippen molar-refractivity contribution >= 4 is 0 Å². The maximum absolute atomic E-state index is 8.47. The molecule has 0 spiro atoms. The van der Waals surface area contributed by atoms with Crippen LogP contribution in [-0.4, -0.2) is 40.6 Å². The number of rotatable bonds is 8. The summed E-state index contributed by atoms with van der Waals surface area (Å²) in [6, 6.07) is 0. The molecule has 0 aromatic carbocycles. The molecule has 5 heteroatoms. The first kappa shape index (κ1) is 27.0. The number of hydrogen-bond donors (Lipinski definition) is 3. The summed E-state index contributed by atoms with van der Waals surface area (Å²) in [4.78, 5) is 0. The predicted octanol–water partition coefficient (Wildman–Crippen LogP) is 1.32. The van der Waals surface area contributed by atoms with Crippen LogP contribution in [0.1, 0.15) is 52.4 Å². The van der Waals surface area contributed by atoms with Crippen LogP contribution in [0.2, 0.25) is 0 Å². The molecule has 18 heavy (non-hydrogen) atoms. The van der Waals surface area contributed by atoms with Gasteiger partial charge in [0.2, 0.25) is 0 Å². The van der Waals surface area contributed by atoms with Crippen molar-refractivity contribution in [1.82, 2.24) is 0 Å². The summed E-state index contributed by atoms with van der Waals surface area (Å²) in [6.45, 7) is 7.09. The van der Waals surface area contributed by atoms with Gasteiger partial charge in [-0.25, -0.2) is 0 Å². The topological polar surface area (TPSA) is 92.2 Å². The molecule has 4 nitrogen and oxygen atoms in total. The van der Waals surface area contributed by atoms with Gasteiger partial charge in [-0.2, -0.15) is 6.42 Å². The fourth-order valence-electron chi connectivity index (χ4n) is 0.930. The van der Waals surface area contributed by atoms with Crippen molar-refractivity contribution in [2.24, 2.45) is 5.41 Å². The molecule has 0 aromatic rings. The SMILES string of the molecule is CC(CO)(CO)CO.O.[CH2-]CCCCCCC.[Ti]. The van der Waals surface area contributed by atoms with Crippen LogP contribution < -0.4 is 0 Å². The largest absolute Gasteiger partial charge is 0.412 e.